The molecule has 40 atom stereocenters. The maximum absolute atomic E-state index is 11.1. The van der Waals surface area contributed by atoms with Gasteiger partial charge in [0.15, 0.2) is 62.9 Å². The van der Waals surface area contributed by atoms with Gasteiger partial charge in [-0.2, -0.15) is 0 Å². The second kappa shape index (κ2) is 31.1. The van der Waals surface area contributed by atoms with Crippen molar-refractivity contribution in [3.63, 3.8) is 0 Å². The van der Waals surface area contributed by atoms with Gasteiger partial charge in [-0.25, -0.2) is 0 Å². The van der Waals surface area contributed by atoms with Crippen LogP contribution in [0.2, 0.25) is 0 Å². The summed E-state index contributed by atoms with van der Waals surface area (Å²) in [6, 6.07) is 0. The molecular weight excluding hydrogens is 1260 g/mol. The molecule has 0 saturated carbocycles. The van der Waals surface area contributed by atoms with Crippen molar-refractivity contribution in [3.8, 4) is 0 Å². The zero-order valence-corrected chi connectivity index (χ0v) is 47.8. The van der Waals surface area contributed by atoms with Gasteiger partial charge >= 0.3 is 0 Å². The van der Waals surface area contributed by atoms with E-state index < -0.39 is 312 Å². The molecule has 0 aromatic rings. The largest absolute Gasteiger partial charge is 0.394 e. The van der Waals surface area contributed by atoms with Gasteiger partial charge in [0.1, 0.15) is 183 Å². The van der Waals surface area contributed by atoms with Crippen molar-refractivity contribution in [1.29, 1.82) is 0 Å². The highest BCUT2D eigenvalue weighted by Crippen LogP contribution is 2.35. The first-order valence-corrected chi connectivity index (χ1v) is 29.3. The SMILES string of the molecule is OC[C@@H]1O[C@@H](OC2[C@H](O[C@@H]3CO[C@H](O[C@@H]4CO[C@H](O[C@@H]5CO[C@H](O[C@@H]6CO[C@H](O[C@@H]7CO[C@H](O[C@@H]8CO[C@H](O[C@@H]9CO[C@@H](O[C@@H]%10CO[C@@H](O)C(O)[C@H]%10O)C(O)[C@H]9O)C(O)[C@H]8O)C(O)[C@H]7O)C(O)[C@H]6O)C(O)[C@H]5O)C(O)[C@H]4O)C(O)[C@H]3O)OC[C@@H](O)[C@@H]2O)C(O)[C@@H]1O. The molecule has 10 aliphatic heterocycles. The fourth-order valence-corrected chi connectivity index (χ4v) is 11.5. The van der Waals surface area contributed by atoms with Crippen LogP contribution in [0.1, 0.15) is 0 Å². The minimum atomic E-state index is -1.94. The van der Waals surface area contributed by atoms with Gasteiger partial charge in [-0.05, 0) is 0 Å². The second-order valence-electron chi connectivity index (χ2n) is 23.4. The first-order chi connectivity index (χ1) is 43.3. The minimum absolute atomic E-state index is 0.398. The van der Waals surface area contributed by atoms with Crippen molar-refractivity contribution in [2.24, 2.45) is 0 Å². The van der Waals surface area contributed by atoms with Crippen molar-refractivity contribution in [1.82, 2.24) is 0 Å². The van der Waals surface area contributed by atoms with E-state index >= 15 is 0 Å². The summed E-state index contributed by atoms with van der Waals surface area (Å²) < 4.78 is 105. The first kappa shape index (κ1) is 72.1. The predicted molar refractivity (Wildman–Crippen MR) is 270 cm³/mol. The van der Waals surface area contributed by atoms with Crippen molar-refractivity contribution >= 4 is 0 Å². The van der Waals surface area contributed by atoms with E-state index in [0.717, 1.165) is 0 Å². The third-order valence-electron chi connectivity index (χ3n) is 17.2. The molecule has 10 heterocycles. The molecule has 0 aromatic heterocycles. The van der Waals surface area contributed by atoms with Crippen LogP contribution in [0.4, 0.5) is 0 Å². The lowest BCUT2D eigenvalue weighted by Gasteiger charge is -2.46. The zero-order valence-electron chi connectivity index (χ0n) is 47.8. The Hall–Kier alpha value is -1.64. The summed E-state index contributed by atoms with van der Waals surface area (Å²) in [5.74, 6) is 0. The van der Waals surface area contributed by atoms with E-state index in [-0.39, 0.29) is 0 Å². The molecule has 0 amide bonds. The fourth-order valence-electron chi connectivity index (χ4n) is 11.5. The summed E-state index contributed by atoms with van der Waals surface area (Å²) in [7, 11) is 0. The monoisotopic (exact) mass is 1340 g/mol. The van der Waals surface area contributed by atoms with Crippen molar-refractivity contribution in [3.05, 3.63) is 0 Å². The Bertz CT molecular complexity index is 2240. The molecule has 10 saturated heterocycles. The standard InChI is InChI=1S/C50H82O41/c51-1-12-22(54)39(71)49(82-12)91-40-21(53)11(52)2-74-50(40)90-20-10-81-48(38(70)30(20)62)89-19-9-80-47(37(69)29(19)61)88-18-8-79-46(36(68)28(18)60)87-17-7-78-45(35(67)27(17)59)86-16-6-77-44(34(66)26(16)58)85-15-5-76-43(33(65)25(15)57)84-14-4-75-42(32(64)24(14)56)83-13-3-73-41(72)31(63)23(13)55/h11-72H,1-10H2/t11-,12+,13-,14-,15-,16-,17-,18-,19-,20-,21+,22-,23+,24+,25+,26+,27+,28+,29+,30+,31?,32?,33?,34?,35?,36?,37?,38?,39?,40?,41-,42+,43-,44-,45-,46-,47-,48-,49+,50+/m1/s1. The lowest BCUT2D eigenvalue weighted by Crippen LogP contribution is -2.63. The van der Waals surface area contributed by atoms with Gasteiger partial charge < -0.3 is 202 Å². The molecular formula is C50H82O41. The summed E-state index contributed by atoms with van der Waals surface area (Å²) in [5.41, 5.74) is 0. The third-order valence-corrected chi connectivity index (χ3v) is 17.2. The van der Waals surface area contributed by atoms with Crippen LogP contribution in [0, 0.1) is 0 Å². The van der Waals surface area contributed by atoms with Crippen LogP contribution >= 0.6 is 0 Å². The zero-order chi connectivity index (χ0) is 65.6. The topological polar surface area (TPSA) is 620 Å². The molecule has 41 nitrogen and oxygen atoms in total. The van der Waals surface area contributed by atoms with E-state index in [9.17, 15) is 112 Å². The number of ether oxygens (including phenoxy) is 19. The molecule has 10 unspecified atom stereocenters. The molecule has 22 N–H and O–H groups in total. The van der Waals surface area contributed by atoms with Crippen LogP contribution in [0.3, 0.4) is 0 Å². The minimum Gasteiger partial charge on any atom is -0.394 e. The Morgan fingerprint density at radius 1 is 0.220 bits per heavy atom. The van der Waals surface area contributed by atoms with E-state index in [1.807, 2.05) is 0 Å². The second-order valence-corrected chi connectivity index (χ2v) is 23.4. The number of hydrogen-bond donors (Lipinski definition) is 22. The Morgan fingerprint density at radius 3 is 0.714 bits per heavy atom. The Labute approximate surface area is 513 Å². The van der Waals surface area contributed by atoms with E-state index in [0.29, 0.717) is 0 Å². The molecule has 0 radical (unpaired) electrons. The molecule has 10 rings (SSSR count). The Morgan fingerprint density at radius 2 is 0.451 bits per heavy atom. The van der Waals surface area contributed by atoms with Gasteiger partial charge in [0, 0.05) is 0 Å². The maximum Gasteiger partial charge on any atom is 0.187 e. The fraction of sp³-hybridized carbons (Fsp3) is 1.00. The molecule has 528 valence electrons. The van der Waals surface area contributed by atoms with Crippen molar-refractivity contribution in [2.45, 2.75) is 246 Å². The highest BCUT2D eigenvalue weighted by atomic mass is 16.8. The molecule has 10 aliphatic rings. The molecule has 0 aromatic carbocycles. The van der Waals surface area contributed by atoms with E-state index in [1.54, 1.807) is 0 Å². The predicted octanol–water partition coefficient (Wildman–Crippen LogP) is -16.4. The highest BCUT2D eigenvalue weighted by molar-refractivity contribution is 4.97. The van der Waals surface area contributed by atoms with Gasteiger partial charge in [0.25, 0.3) is 0 Å². The number of aliphatic hydroxyl groups is 22. The van der Waals surface area contributed by atoms with Crippen LogP contribution in [-0.4, -0.2) is 424 Å². The molecule has 0 bridgehead atoms. The quantitative estimate of drug-likeness (QED) is 0.0571. The van der Waals surface area contributed by atoms with Crippen molar-refractivity contribution in [2.75, 3.05) is 66.1 Å². The first-order valence-electron chi connectivity index (χ1n) is 29.3. The smallest absolute Gasteiger partial charge is 0.187 e. The summed E-state index contributed by atoms with van der Waals surface area (Å²) in [6.07, 6.45) is -66.9. The van der Waals surface area contributed by atoms with Gasteiger partial charge in [0.05, 0.1) is 66.1 Å². The van der Waals surface area contributed by atoms with Crippen LogP contribution in [0.25, 0.3) is 0 Å². The van der Waals surface area contributed by atoms with Gasteiger partial charge in [0.2, 0.25) is 0 Å². The van der Waals surface area contributed by atoms with Crippen LogP contribution in [0.15, 0.2) is 0 Å². The number of aliphatic hydroxyl groups excluding tert-OH is 22. The summed E-state index contributed by atoms with van der Waals surface area (Å²) in [5, 5.41) is 234. The lowest BCUT2D eigenvalue weighted by molar-refractivity contribution is -0.370. The number of rotatable bonds is 19. The molecule has 41 heteroatoms. The highest BCUT2D eigenvalue weighted by Gasteiger charge is 2.55. The molecule has 0 spiro atoms. The summed E-state index contributed by atoms with van der Waals surface area (Å²) in [6.45, 7) is -5.38. The third kappa shape index (κ3) is 15.6. The van der Waals surface area contributed by atoms with Crippen LogP contribution in [-0.2, 0) is 90.0 Å². The molecule has 0 aliphatic carbocycles. The maximum atomic E-state index is 11.1. The average Bonchev–Trinajstić information content (AvgIpc) is 1.82. The van der Waals surface area contributed by atoms with Crippen LogP contribution in [0.5, 0.6) is 0 Å². The number of hydrogen-bond acceptors (Lipinski definition) is 41. The van der Waals surface area contributed by atoms with Crippen molar-refractivity contribution < 1.29 is 202 Å². The van der Waals surface area contributed by atoms with E-state index in [4.69, 9.17) is 90.0 Å². The normalized spacial score (nSPS) is 54.5. The van der Waals surface area contributed by atoms with Gasteiger partial charge in [-0.3, -0.25) is 0 Å². The van der Waals surface area contributed by atoms with Crippen LogP contribution < -0.4 is 0 Å². The molecule has 91 heavy (non-hydrogen) atoms. The lowest BCUT2D eigenvalue weighted by atomic mass is 10.0. The summed E-state index contributed by atoms with van der Waals surface area (Å²) in [4.78, 5) is 0. The summed E-state index contributed by atoms with van der Waals surface area (Å²) >= 11 is 0. The van der Waals surface area contributed by atoms with E-state index in [2.05, 4.69) is 0 Å². The Kier molecular flexibility index (Phi) is 24.6. The van der Waals surface area contributed by atoms with Gasteiger partial charge in [-0.15, -0.1) is 0 Å². The average molecular weight is 1340 g/mol. The molecule has 10 fully saturated rings. The van der Waals surface area contributed by atoms with E-state index in [1.165, 1.54) is 0 Å². The van der Waals surface area contributed by atoms with Gasteiger partial charge in [-0.1, -0.05) is 0 Å². The Balaban J connectivity index is 0.621.